The van der Waals surface area contributed by atoms with Gasteiger partial charge in [-0.25, -0.2) is 4.79 Å². The maximum Gasteiger partial charge on any atom is 0.343 e. The van der Waals surface area contributed by atoms with E-state index >= 15 is 0 Å². The molecule has 0 aliphatic heterocycles. The monoisotopic (exact) mass is 285 g/mol. The third-order valence-corrected chi connectivity index (χ3v) is 3.58. The highest BCUT2D eigenvalue weighted by molar-refractivity contribution is 7.19. The van der Waals surface area contributed by atoms with E-state index < -0.39 is 5.97 Å². The van der Waals surface area contributed by atoms with Crippen molar-refractivity contribution in [1.82, 2.24) is 5.32 Å². The van der Waals surface area contributed by atoms with Crippen molar-refractivity contribution in [3.8, 4) is 0 Å². The minimum absolute atomic E-state index is 0.168. The molecule has 4 N–H and O–H groups in total. The molecule has 7 heteroatoms. The van der Waals surface area contributed by atoms with E-state index in [9.17, 15) is 9.59 Å². The summed E-state index contributed by atoms with van der Waals surface area (Å²) in [6.45, 7) is 5.05. The maximum absolute atomic E-state index is 11.9. The van der Waals surface area contributed by atoms with Crippen LogP contribution in [0.15, 0.2) is 0 Å². The predicted octanol–water partition coefficient (Wildman–Crippen LogP) is 1.69. The number of nitrogen functional groups attached to an aromatic ring is 1. The number of amides is 1. The molecule has 6 nitrogen and oxygen atoms in total. The standard InChI is InChI=1S/C12H19N3O3S/c1-4-6-15-10(16)9-8(13)7(12(17)18-3)11(19-9)14-5-2/h14H,4-6,13H2,1-3H3,(H,15,16). The molecule has 0 fully saturated rings. The molecule has 0 aliphatic rings. The predicted molar refractivity (Wildman–Crippen MR) is 76.9 cm³/mol. The Balaban J connectivity index is 3.13. The van der Waals surface area contributed by atoms with Crippen LogP contribution in [0.4, 0.5) is 10.7 Å². The number of carbonyl (C=O) groups is 2. The number of anilines is 2. The van der Waals surface area contributed by atoms with Crippen LogP contribution in [0.2, 0.25) is 0 Å². The summed E-state index contributed by atoms with van der Waals surface area (Å²) >= 11 is 1.16. The molecule has 0 bridgehead atoms. The molecule has 106 valence electrons. The van der Waals surface area contributed by atoms with E-state index in [1.165, 1.54) is 7.11 Å². The van der Waals surface area contributed by atoms with Gasteiger partial charge in [-0.15, -0.1) is 11.3 Å². The van der Waals surface area contributed by atoms with Gasteiger partial charge in [0.1, 0.15) is 15.4 Å². The highest BCUT2D eigenvalue weighted by atomic mass is 32.1. The van der Waals surface area contributed by atoms with E-state index in [-0.39, 0.29) is 17.2 Å². The normalized spacial score (nSPS) is 10.1. The van der Waals surface area contributed by atoms with E-state index in [0.717, 1.165) is 17.8 Å². The molecule has 0 aromatic carbocycles. The smallest absolute Gasteiger partial charge is 0.343 e. The first-order valence-electron chi connectivity index (χ1n) is 6.09. The zero-order valence-corrected chi connectivity index (χ0v) is 12.1. The fourth-order valence-electron chi connectivity index (χ4n) is 1.52. The highest BCUT2D eigenvalue weighted by Crippen LogP contribution is 2.36. The van der Waals surface area contributed by atoms with Gasteiger partial charge in [-0.05, 0) is 13.3 Å². The second-order valence-corrected chi connectivity index (χ2v) is 4.85. The molecule has 0 saturated carbocycles. The Labute approximate surface area is 116 Å². The van der Waals surface area contributed by atoms with Crippen molar-refractivity contribution >= 4 is 33.9 Å². The Morgan fingerprint density at radius 3 is 2.58 bits per heavy atom. The molecule has 0 spiro atoms. The first-order valence-corrected chi connectivity index (χ1v) is 6.91. The Hall–Kier alpha value is -1.76. The van der Waals surface area contributed by atoms with Crippen molar-refractivity contribution in [2.75, 3.05) is 31.2 Å². The van der Waals surface area contributed by atoms with E-state index in [0.29, 0.717) is 23.0 Å². The summed E-state index contributed by atoms with van der Waals surface area (Å²) in [7, 11) is 1.28. The SMILES string of the molecule is CCCNC(=O)c1sc(NCC)c(C(=O)OC)c1N. The van der Waals surface area contributed by atoms with Crippen LogP contribution in [-0.4, -0.2) is 32.1 Å². The number of nitrogens with two attached hydrogens (primary N) is 1. The number of carbonyl (C=O) groups excluding carboxylic acids is 2. The summed E-state index contributed by atoms with van der Waals surface area (Å²) in [6.07, 6.45) is 0.834. The molecule has 1 rings (SSSR count). The van der Waals surface area contributed by atoms with E-state index in [2.05, 4.69) is 10.6 Å². The second kappa shape index (κ2) is 6.98. The molecule has 0 atom stereocenters. The van der Waals surface area contributed by atoms with Crippen LogP contribution >= 0.6 is 11.3 Å². The van der Waals surface area contributed by atoms with Gasteiger partial charge in [-0.2, -0.15) is 0 Å². The second-order valence-electron chi connectivity index (χ2n) is 3.83. The van der Waals surface area contributed by atoms with Crippen LogP contribution in [0.5, 0.6) is 0 Å². The van der Waals surface area contributed by atoms with Crippen LogP contribution in [0, 0.1) is 0 Å². The molecular formula is C12H19N3O3S. The zero-order chi connectivity index (χ0) is 14.4. The number of methoxy groups -OCH3 is 1. The van der Waals surface area contributed by atoms with Crippen LogP contribution in [-0.2, 0) is 4.74 Å². The minimum atomic E-state index is -0.542. The Bertz CT molecular complexity index is 471. The summed E-state index contributed by atoms with van der Waals surface area (Å²) in [5.41, 5.74) is 6.29. The molecule has 0 unspecified atom stereocenters. The molecular weight excluding hydrogens is 266 g/mol. The van der Waals surface area contributed by atoms with Gasteiger partial charge >= 0.3 is 5.97 Å². The van der Waals surface area contributed by atoms with Gasteiger partial charge in [-0.1, -0.05) is 6.92 Å². The Morgan fingerprint density at radius 2 is 2.05 bits per heavy atom. The lowest BCUT2D eigenvalue weighted by Gasteiger charge is -2.04. The molecule has 1 heterocycles. The van der Waals surface area contributed by atoms with Gasteiger partial charge < -0.3 is 21.1 Å². The number of hydrogen-bond donors (Lipinski definition) is 3. The van der Waals surface area contributed by atoms with Gasteiger partial charge in [0.05, 0.1) is 12.8 Å². The maximum atomic E-state index is 11.9. The summed E-state index contributed by atoms with van der Waals surface area (Å²) in [5.74, 6) is -0.808. The Kier molecular flexibility index (Phi) is 5.62. The molecule has 19 heavy (non-hydrogen) atoms. The topological polar surface area (TPSA) is 93.5 Å². The van der Waals surface area contributed by atoms with Crippen molar-refractivity contribution in [1.29, 1.82) is 0 Å². The van der Waals surface area contributed by atoms with E-state index in [1.54, 1.807) is 0 Å². The van der Waals surface area contributed by atoms with Crippen molar-refractivity contribution in [3.05, 3.63) is 10.4 Å². The molecule has 1 aromatic rings. The quantitative estimate of drug-likeness (QED) is 0.692. The van der Waals surface area contributed by atoms with E-state index in [1.807, 2.05) is 13.8 Å². The summed E-state index contributed by atoms with van der Waals surface area (Å²) in [5, 5.41) is 6.33. The number of thiophene rings is 1. The average Bonchev–Trinajstić information content (AvgIpc) is 2.72. The van der Waals surface area contributed by atoms with Gasteiger partial charge in [-0.3, -0.25) is 4.79 Å². The van der Waals surface area contributed by atoms with Crippen LogP contribution in [0.25, 0.3) is 0 Å². The third kappa shape index (κ3) is 3.37. The fourth-order valence-corrected chi connectivity index (χ4v) is 2.61. The van der Waals surface area contributed by atoms with Crippen LogP contribution < -0.4 is 16.4 Å². The van der Waals surface area contributed by atoms with Crippen LogP contribution in [0.1, 0.15) is 40.3 Å². The number of rotatable bonds is 6. The number of nitrogens with one attached hydrogen (secondary N) is 2. The fraction of sp³-hybridized carbons (Fsp3) is 0.500. The van der Waals surface area contributed by atoms with Crippen LogP contribution in [0.3, 0.4) is 0 Å². The first kappa shape index (κ1) is 15.3. The van der Waals surface area contributed by atoms with Crippen molar-refractivity contribution in [2.24, 2.45) is 0 Å². The minimum Gasteiger partial charge on any atom is -0.465 e. The summed E-state index contributed by atoms with van der Waals surface area (Å²) in [6, 6.07) is 0. The van der Waals surface area contributed by atoms with Gasteiger partial charge in [0.15, 0.2) is 0 Å². The van der Waals surface area contributed by atoms with Crippen molar-refractivity contribution in [3.63, 3.8) is 0 Å². The lowest BCUT2D eigenvalue weighted by atomic mass is 10.2. The van der Waals surface area contributed by atoms with Crippen molar-refractivity contribution in [2.45, 2.75) is 20.3 Å². The Morgan fingerprint density at radius 1 is 1.37 bits per heavy atom. The number of ether oxygens (including phenoxy) is 1. The van der Waals surface area contributed by atoms with Gasteiger partial charge in [0.2, 0.25) is 0 Å². The summed E-state index contributed by atoms with van der Waals surface area (Å²) < 4.78 is 4.69. The molecule has 0 aliphatic carbocycles. The first-order chi connectivity index (χ1) is 9.06. The third-order valence-electron chi connectivity index (χ3n) is 2.41. The molecule has 0 radical (unpaired) electrons. The van der Waals surface area contributed by atoms with Crippen molar-refractivity contribution < 1.29 is 14.3 Å². The number of hydrogen-bond acceptors (Lipinski definition) is 6. The lowest BCUT2D eigenvalue weighted by molar-refractivity contribution is 0.0603. The molecule has 0 saturated heterocycles. The van der Waals surface area contributed by atoms with Gasteiger partial charge in [0.25, 0.3) is 5.91 Å². The lowest BCUT2D eigenvalue weighted by Crippen LogP contribution is -2.24. The highest BCUT2D eigenvalue weighted by Gasteiger charge is 2.25. The van der Waals surface area contributed by atoms with Gasteiger partial charge in [0, 0.05) is 13.1 Å². The zero-order valence-electron chi connectivity index (χ0n) is 11.3. The average molecular weight is 285 g/mol. The summed E-state index contributed by atoms with van der Waals surface area (Å²) in [4.78, 5) is 24.0. The molecule has 1 amide bonds. The largest absolute Gasteiger partial charge is 0.465 e. The molecule has 1 aromatic heterocycles. The van der Waals surface area contributed by atoms with E-state index in [4.69, 9.17) is 10.5 Å². The number of esters is 1.